The van der Waals surface area contributed by atoms with Crippen LogP contribution in [-0.2, 0) is 24.8 Å². The normalized spacial score (nSPS) is 14.5. The molecular weight excluding hydrogens is 538 g/mol. The summed E-state index contributed by atoms with van der Waals surface area (Å²) < 4.78 is 61.7. The molecule has 1 amide bonds. The van der Waals surface area contributed by atoms with Gasteiger partial charge in [0.15, 0.2) is 0 Å². The molecule has 11 heteroatoms. The quantitative estimate of drug-likeness (QED) is 0.409. The Kier molecular flexibility index (Phi) is 8.63. The fraction of sp³-hybridized carbons (Fsp3) is 0.321. The zero-order valence-electron chi connectivity index (χ0n) is 22.3. The average Bonchev–Trinajstić information content (AvgIpc) is 2.93. The summed E-state index contributed by atoms with van der Waals surface area (Å²) in [4.78, 5) is 13.4. The van der Waals surface area contributed by atoms with Crippen molar-refractivity contribution in [1.82, 2.24) is 4.31 Å². The van der Waals surface area contributed by atoms with E-state index >= 15 is 0 Å². The summed E-state index contributed by atoms with van der Waals surface area (Å²) in [5.74, 6) is -0.399. The summed E-state index contributed by atoms with van der Waals surface area (Å²) in [6, 6.07) is 17.6. The van der Waals surface area contributed by atoms with E-state index in [4.69, 9.17) is 4.74 Å². The van der Waals surface area contributed by atoms with Crippen molar-refractivity contribution in [2.24, 2.45) is 0 Å². The zero-order valence-corrected chi connectivity index (χ0v) is 23.9. The number of nitrogens with zero attached hydrogens (tertiary/aromatic N) is 2. The van der Waals surface area contributed by atoms with Gasteiger partial charge in [-0.15, -0.1) is 0 Å². The molecule has 1 saturated heterocycles. The summed E-state index contributed by atoms with van der Waals surface area (Å²) in [5.41, 5.74) is 2.08. The van der Waals surface area contributed by atoms with Gasteiger partial charge in [-0.3, -0.25) is 9.10 Å². The highest BCUT2D eigenvalue weighted by molar-refractivity contribution is 7.92. The van der Waals surface area contributed by atoms with Crippen LogP contribution in [0.1, 0.15) is 30.4 Å². The van der Waals surface area contributed by atoms with Gasteiger partial charge in [0.25, 0.3) is 10.0 Å². The molecule has 0 atom stereocenters. The predicted octanol–water partition coefficient (Wildman–Crippen LogP) is 4.32. The Morgan fingerprint density at radius 2 is 1.54 bits per heavy atom. The zero-order chi connectivity index (χ0) is 28.2. The van der Waals surface area contributed by atoms with E-state index in [0.717, 1.165) is 29.1 Å². The van der Waals surface area contributed by atoms with Crippen LogP contribution in [0.4, 0.5) is 11.4 Å². The number of para-hydroxylation sites is 1. The van der Waals surface area contributed by atoms with Gasteiger partial charge >= 0.3 is 0 Å². The topological polar surface area (TPSA) is 113 Å². The number of carbonyl (C=O) groups excluding carboxylic acids is 1. The molecule has 1 fully saturated rings. The molecule has 0 spiro atoms. The lowest BCUT2D eigenvalue weighted by atomic mass is 10.2. The summed E-state index contributed by atoms with van der Waals surface area (Å²) in [6.45, 7) is 3.97. The average molecular weight is 572 g/mol. The number of amides is 1. The van der Waals surface area contributed by atoms with Gasteiger partial charge in [-0.1, -0.05) is 42.3 Å². The lowest BCUT2D eigenvalue weighted by Crippen LogP contribution is -2.38. The van der Waals surface area contributed by atoms with Gasteiger partial charge in [0, 0.05) is 13.1 Å². The van der Waals surface area contributed by atoms with Gasteiger partial charge in [0.1, 0.15) is 12.3 Å². The van der Waals surface area contributed by atoms with Crippen molar-refractivity contribution in [3.63, 3.8) is 0 Å². The molecule has 208 valence electrons. The second kappa shape index (κ2) is 11.8. The molecule has 0 radical (unpaired) electrons. The van der Waals surface area contributed by atoms with Crippen LogP contribution in [0.5, 0.6) is 5.75 Å². The first-order chi connectivity index (χ1) is 18.5. The van der Waals surface area contributed by atoms with Crippen LogP contribution in [0.3, 0.4) is 0 Å². The molecule has 4 rings (SSSR count). The number of nitrogens with one attached hydrogen (secondary N) is 1. The molecular formula is C28H33N3O6S2. The van der Waals surface area contributed by atoms with Crippen LogP contribution in [0, 0.1) is 13.8 Å². The van der Waals surface area contributed by atoms with E-state index in [2.05, 4.69) is 5.32 Å². The molecule has 3 aromatic rings. The van der Waals surface area contributed by atoms with Crippen molar-refractivity contribution in [3.8, 4) is 5.75 Å². The van der Waals surface area contributed by atoms with Gasteiger partial charge in [-0.05, 0) is 68.7 Å². The number of piperidine rings is 1. The van der Waals surface area contributed by atoms with Crippen molar-refractivity contribution in [3.05, 3.63) is 77.9 Å². The number of aryl methyl sites for hydroxylation is 2. The highest BCUT2D eigenvalue weighted by Crippen LogP contribution is 2.31. The van der Waals surface area contributed by atoms with Gasteiger partial charge in [-0.2, -0.15) is 4.31 Å². The Labute approximate surface area is 230 Å². The largest absolute Gasteiger partial charge is 0.495 e. The van der Waals surface area contributed by atoms with Crippen molar-refractivity contribution >= 4 is 37.3 Å². The molecule has 1 N–H and O–H groups in total. The molecule has 0 aliphatic carbocycles. The molecule has 1 aliphatic heterocycles. The summed E-state index contributed by atoms with van der Waals surface area (Å²) in [6.07, 6.45) is 2.57. The third kappa shape index (κ3) is 6.26. The first kappa shape index (κ1) is 28.6. The molecule has 0 unspecified atom stereocenters. The number of benzene rings is 3. The van der Waals surface area contributed by atoms with Gasteiger partial charge in [0.05, 0.1) is 28.3 Å². The van der Waals surface area contributed by atoms with Crippen LogP contribution < -0.4 is 14.4 Å². The van der Waals surface area contributed by atoms with Crippen molar-refractivity contribution in [2.45, 2.75) is 42.9 Å². The van der Waals surface area contributed by atoms with E-state index in [1.165, 1.54) is 41.7 Å². The Hall–Kier alpha value is -3.41. The molecule has 0 aromatic heterocycles. The number of hydrogen-bond acceptors (Lipinski definition) is 6. The van der Waals surface area contributed by atoms with Crippen LogP contribution in [0.2, 0.25) is 0 Å². The van der Waals surface area contributed by atoms with E-state index in [9.17, 15) is 21.6 Å². The van der Waals surface area contributed by atoms with E-state index in [-0.39, 0.29) is 21.2 Å². The minimum Gasteiger partial charge on any atom is -0.495 e. The molecule has 1 aliphatic rings. The van der Waals surface area contributed by atoms with E-state index in [1.807, 2.05) is 6.92 Å². The van der Waals surface area contributed by atoms with Crippen LogP contribution >= 0.6 is 0 Å². The Bertz CT molecular complexity index is 1550. The molecule has 9 nitrogen and oxygen atoms in total. The van der Waals surface area contributed by atoms with Gasteiger partial charge < -0.3 is 10.1 Å². The molecule has 3 aromatic carbocycles. The van der Waals surface area contributed by atoms with Crippen molar-refractivity contribution < 1.29 is 26.4 Å². The number of ether oxygens (including phenoxy) is 1. The Balaban J connectivity index is 1.66. The third-order valence-corrected chi connectivity index (χ3v) is 10.3. The van der Waals surface area contributed by atoms with E-state index in [1.54, 1.807) is 43.3 Å². The monoisotopic (exact) mass is 571 g/mol. The Morgan fingerprint density at radius 3 is 2.18 bits per heavy atom. The maximum Gasteiger partial charge on any atom is 0.264 e. The summed E-state index contributed by atoms with van der Waals surface area (Å²) in [5, 5.41) is 2.68. The van der Waals surface area contributed by atoms with Crippen LogP contribution in [0.25, 0.3) is 0 Å². The lowest BCUT2D eigenvalue weighted by molar-refractivity contribution is -0.114. The second-order valence-electron chi connectivity index (χ2n) is 9.49. The van der Waals surface area contributed by atoms with Crippen LogP contribution in [-0.4, -0.2) is 53.8 Å². The predicted molar refractivity (Wildman–Crippen MR) is 151 cm³/mol. The molecule has 0 bridgehead atoms. The fourth-order valence-corrected chi connectivity index (χ4v) is 7.53. The molecule has 39 heavy (non-hydrogen) atoms. The maximum absolute atomic E-state index is 13.7. The standard InChI is InChI=1S/C28H33N3O6S2/c1-21-11-13-23(14-12-21)39(35,36)31(26-10-6-5-9-22(26)2)20-28(32)29-25-19-24(15-16-27(25)37-3)38(33,34)30-17-7-4-8-18-30/h5-6,9-16,19H,4,7-8,17-18,20H2,1-3H3,(H,29,32). The number of carbonyl (C=O) groups is 1. The highest BCUT2D eigenvalue weighted by atomic mass is 32.2. The number of hydrogen-bond donors (Lipinski definition) is 1. The fourth-order valence-electron chi connectivity index (χ4n) is 4.50. The van der Waals surface area contributed by atoms with E-state index in [0.29, 0.717) is 24.3 Å². The highest BCUT2D eigenvalue weighted by Gasteiger charge is 2.30. The van der Waals surface area contributed by atoms with Crippen molar-refractivity contribution in [1.29, 1.82) is 0 Å². The minimum atomic E-state index is -4.10. The van der Waals surface area contributed by atoms with Gasteiger partial charge in [0.2, 0.25) is 15.9 Å². The SMILES string of the molecule is COc1ccc(S(=O)(=O)N2CCCCC2)cc1NC(=O)CN(c1ccccc1C)S(=O)(=O)c1ccc(C)cc1. The third-order valence-electron chi connectivity index (χ3n) is 6.68. The molecule has 1 heterocycles. The first-order valence-electron chi connectivity index (χ1n) is 12.7. The van der Waals surface area contributed by atoms with Crippen molar-refractivity contribution in [2.75, 3.05) is 36.4 Å². The summed E-state index contributed by atoms with van der Waals surface area (Å²) in [7, 11) is -6.46. The first-order valence-corrected chi connectivity index (χ1v) is 15.5. The Morgan fingerprint density at radius 1 is 0.897 bits per heavy atom. The molecule has 0 saturated carbocycles. The number of methoxy groups -OCH3 is 1. The minimum absolute atomic E-state index is 0.0311. The second-order valence-corrected chi connectivity index (χ2v) is 13.3. The number of sulfonamides is 2. The summed E-state index contributed by atoms with van der Waals surface area (Å²) >= 11 is 0. The number of rotatable bonds is 9. The van der Waals surface area contributed by atoms with Gasteiger partial charge in [-0.25, -0.2) is 16.8 Å². The smallest absolute Gasteiger partial charge is 0.264 e. The van der Waals surface area contributed by atoms with Crippen LogP contribution in [0.15, 0.2) is 76.5 Å². The van der Waals surface area contributed by atoms with E-state index < -0.39 is 32.5 Å². The maximum atomic E-state index is 13.7. The lowest BCUT2D eigenvalue weighted by Gasteiger charge is -2.27. The number of anilines is 2.